The van der Waals surface area contributed by atoms with Crippen molar-refractivity contribution in [1.82, 2.24) is 15.6 Å². The normalized spacial score (nSPS) is 11.6. The molecule has 2 amide bonds. The monoisotopic (exact) mass is 482 g/mol. The van der Waals surface area contributed by atoms with Crippen molar-refractivity contribution in [3.05, 3.63) is 96.1 Å². The van der Waals surface area contributed by atoms with E-state index in [-0.39, 0.29) is 37.6 Å². The molecule has 0 saturated heterocycles. The van der Waals surface area contributed by atoms with Crippen LogP contribution in [-0.2, 0) is 4.79 Å². The highest BCUT2D eigenvalue weighted by Gasteiger charge is 2.25. The summed E-state index contributed by atoms with van der Waals surface area (Å²) in [6.07, 6.45) is 0.728. The molecule has 0 unspecified atom stereocenters. The molecule has 3 aromatic carbocycles. The van der Waals surface area contributed by atoms with Crippen LogP contribution in [0.1, 0.15) is 35.3 Å². The summed E-state index contributed by atoms with van der Waals surface area (Å²) in [4.78, 5) is 30.3. The topological polar surface area (TPSA) is 106 Å². The Bertz CT molecular complexity index is 1330. The van der Waals surface area contributed by atoms with Crippen LogP contribution in [0.4, 0.5) is 0 Å². The van der Waals surface area contributed by atoms with Crippen LogP contribution in [0.5, 0.6) is 5.75 Å². The fourth-order valence-corrected chi connectivity index (χ4v) is 4.10. The van der Waals surface area contributed by atoms with Gasteiger partial charge in [-0.1, -0.05) is 85.8 Å². The highest BCUT2D eigenvalue weighted by atomic mass is 16.5. The molecule has 4 aromatic rings. The minimum atomic E-state index is -0.273. The lowest BCUT2D eigenvalue weighted by molar-refractivity contribution is -0.119. The number of ether oxygens (including phenoxy) is 1. The molecule has 0 radical (unpaired) electrons. The molecule has 0 bridgehead atoms. The number of amides is 2. The van der Waals surface area contributed by atoms with Crippen LogP contribution in [0.2, 0.25) is 0 Å². The zero-order valence-electron chi connectivity index (χ0n) is 20.2. The first-order valence-electron chi connectivity index (χ1n) is 12.1. The molecular formula is C29H30N4O3. The van der Waals surface area contributed by atoms with Gasteiger partial charge < -0.3 is 21.1 Å². The lowest BCUT2D eigenvalue weighted by atomic mass is 10.00. The summed E-state index contributed by atoms with van der Waals surface area (Å²) in [7, 11) is 0. The average Bonchev–Trinajstić information content (AvgIpc) is 2.94. The zero-order valence-corrected chi connectivity index (χ0v) is 20.2. The third-order valence-corrected chi connectivity index (χ3v) is 5.89. The predicted molar refractivity (Wildman–Crippen MR) is 142 cm³/mol. The molecule has 0 fully saturated rings. The van der Waals surface area contributed by atoms with Gasteiger partial charge in [-0.3, -0.25) is 9.59 Å². The maximum Gasteiger partial charge on any atom is 0.256 e. The van der Waals surface area contributed by atoms with Crippen LogP contribution < -0.4 is 21.1 Å². The fourth-order valence-electron chi connectivity index (χ4n) is 4.10. The second-order valence-electron chi connectivity index (χ2n) is 8.30. The summed E-state index contributed by atoms with van der Waals surface area (Å²) in [5.74, 6) is -0.144. The molecule has 36 heavy (non-hydrogen) atoms. The number of fused-ring (bicyclic) bond motifs is 1. The number of pyridine rings is 1. The van der Waals surface area contributed by atoms with Crippen molar-refractivity contribution >= 4 is 22.7 Å². The summed E-state index contributed by atoms with van der Waals surface area (Å²) >= 11 is 0. The van der Waals surface area contributed by atoms with E-state index in [9.17, 15) is 9.59 Å². The van der Waals surface area contributed by atoms with Crippen molar-refractivity contribution < 1.29 is 14.3 Å². The highest BCUT2D eigenvalue weighted by Crippen LogP contribution is 2.37. The third kappa shape index (κ3) is 5.70. The van der Waals surface area contributed by atoms with E-state index in [0.717, 1.165) is 17.5 Å². The first-order valence-corrected chi connectivity index (χ1v) is 12.1. The lowest BCUT2D eigenvalue weighted by Gasteiger charge is -2.21. The molecule has 4 rings (SSSR count). The standard InChI is InChI=1S/C29H30N4O3/c1-2-23(20-11-5-3-6-12-20)33-29(35)26-22-15-9-10-16-24(22)32-27(21-13-7-4-8-14-21)28(26)36-18-17-31-25(34)19-30/h3-16,23H,2,17-19,30H2,1H3,(H,31,34)(H,33,35)/t23-/m0/s1. The molecule has 0 aliphatic carbocycles. The molecule has 1 atom stereocenters. The molecule has 1 heterocycles. The molecule has 0 aliphatic heterocycles. The smallest absolute Gasteiger partial charge is 0.256 e. The average molecular weight is 483 g/mol. The van der Waals surface area contributed by atoms with Gasteiger partial charge in [0.05, 0.1) is 30.2 Å². The van der Waals surface area contributed by atoms with E-state index in [2.05, 4.69) is 10.6 Å². The number of rotatable bonds is 10. The number of nitrogens with one attached hydrogen (secondary N) is 2. The molecule has 0 saturated carbocycles. The third-order valence-electron chi connectivity index (χ3n) is 5.89. The molecule has 0 aliphatic rings. The Hall–Kier alpha value is -4.23. The maximum absolute atomic E-state index is 13.9. The molecule has 7 heteroatoms. The Morgan fingerprint density at radius 2 is 1.61 bits per heavy atom. The van der Waals surface area contributed by atoms with Crippen molar-refractivity contribution in [2.45, 2.75) is 19.4 Å². The van der Waals surface area contributed by atoms with Gasteiger partial charge in [0.1, 0.15) is 12.3 Å². The van der Waals surface area contributed by atoms with Gasteiger partial charge in [-0.25, -0.2) is 4.98 Å². The summed E-state index contributed by atoms with van der Waals surface area (Å²) < 4.78 is 6.19. The minimum Gasteiger partial charge on any atom is -0.489 e. The molecule has 7 nitrogen and oxygen atoms in total. The number of aromatic nitrogens is 1. The van der Waals surface area contributed by atoms with Crippen molar-refractivity contribution in [2.24, 2.45) is 5.73 Å². The van der Waals surface area contributed by atoms with Gasteiger partial charge in [0.15, 0.2) is 5.75 Å². The molecule has 184 valence electrons. The van der Waals surface area contributed by atoms with Crippen molar-refractivity contribution in [1.29, 1.82) is 0 Å². The van der Waals surface area contributed by atoms with E-state index < -0.39 is 0 Å². The lowest BCUT2D eigenvalue weighted by Crippen LogP contribution is -2.33. The van der Waals surface area contributed by atoms with Gasteiger partial charge in [-0.15, -0.1) is 0 Å². The van der Waals surface area contributed by atoms with E-state index in [4.69, 9.17) is 15.5 Å². The van der Waals surface area contributed by atoms with Crippen LogP contribution in [0.3, 0.4) is 0 Å². The quantitative estimate of drug-likeness (QED) is 0.293. The van der Waals surface area contributed by atoms with Gasteiger partial charge in [0.2, 0.25) is 5.91 Å². The van der Waals surface area contributed by atoms with Crippen LogP contribution in [-0.4, -0.2) is 36.5 Å². The van der Waals surface area contributed by atoms with Gasteiger partial charge in [0, 0.05) is 10.9 Å². The first-order chi connectivity index (χ1) is 17.6. The van der Waals surface area contributed by atoms with Gasteiger partial charge >= 0.3 is 0 Å². The second kappa shape index (κ2) is 12.0. The second-order valence-corrected chi connectivity index (χ2v) is 8.30. The molecular weight excluding hydrogens is 452 g/mol. The van der Waals surface area contributed by atoms with Crippen LogP contribution in [0.15, 0.2) is 84.9 Å². The van der Waals surface area contributed by atoms with Crippen LogP contribution in [0.25, 0.3) is 22.2 Å². The van der Waals surface area contributed by atoms with Crippen LogP contribution >= 0.6 is 0 Å². The van der Waals surface area contributed by atoms with E-state index in [1.807, 2.05) is 91.9 Å². The zero-order chi connectivity index (χ0) is 25.3. The summed E-state index contributed by atoms with van der Waals surface area (Å²) in [6.45, 7) is 2.34. The predicted octanol–water partition coefficient (Wildman–Crippen LogP) is 4.24. The number of carbonyl (C=O) groups is 2. The number of para-hydroxylation sites is 1. The fraction of sp³-hybridized carbons (Fsp3) is 0.207. The minimum absolute atomic E-state index is 0.0989. The van der Waals surface area contributed by atoms with E-state index in [1.165, 1.54) is 0 Å². The van der Waals surface area contributed by atoms with E-state index in [0.29, 0.717) is 27.9 Å². The number of benzene rings is 3. The van der Waals surface area contributed by atoms with E-state index >= 15 is 0 Å². The summed E-state index contributed by atoms with van der Waals surface area (Å²) in [5, 5.41) is 6.59. The Balaban J connectivity index is 1.79. The Labute approximate surface area is 210 Å². The Morgan fingerprint density at radius 1 is 0.944 bits per heavy atom. The molecule has 1 aromatic heterocycles. The number of carbonyl (C=O) groups excluding carboxylic acids is 2. The van der Waals surface area contributed by atoms with E-state index in [1.54, 1.807) is 0 Å². The molecule has 0 spiro atoms. The number of nitrogens with zero attached hydrogens (tertiary/aromatic N) is 1. The van der Waals surface area contributed by atoms with Crippen molar-refractivity contribution in [3.8, 4) is 17.0 Å². The van der Waals surface area contributed by atoms with Crippen molar-refractivity contribution in [2.75, 3.05) is 19.7 Å². The Morgan fingerprint density at radius 3 is 2.31 bits per heavy atom. The first kappa shape index (κ1) is 24.9. The summed E-state index contributed by atoms with van der Waals surface area (Å²) in [6, 6.07) is 26.9. The van der Waals surface area contributed by atoms with Crippen molar-refractivity contribution in [3.63, 3.8) is 0 Å². The maximum atomic E-state index is 13.9. The highest BCUT2D eigenvalue weighted by molar-refractivity contribution is 6.10. The number of hydrogen-bond acceptors (Lipinski definition) is 5. The van der Waals surface area contributed by atoms with Gasteiger partial charge in [-0.2, -0.15) is 0 Å². The largest absolute Gasteiger partial charge is 0.489 e. The van der Waals surface area contributed by atoms with Gasteiger partial charge in [-0.05, 0) is 18.1 Å². The SMILES string of the molecule is CC[C@H](NC(=O)c1c(OCCNC(=O)CN)c(-c2ccccc2)nc2ccccc12)c1ccccc1. The Kier molecular flexibility index (Phi) is 8.26. The van der Waals surface area contributed by atoms with Gasteiger partial charge in [0.25, 0.3) is 5.91 Å². The number of hydrogen-bond donors (Lipinski definition) is 3. The summed E-state index contributed by atoms with van der Waals surface area (Å²) in [5.41, 5.74) is 8.92. The molecule has 4 N–H and O–H groups in total. The van der Waals surface area contributed by atoms with Crippen LogP contribution in [0, 0.1) is 0 Å². The number of nitrogens with two attached hydrogens (primary N) is 1.